The van der Waals surface area contributed by atoms with Crippen LogP contribution in [0.4, 0.5) is 5.69 Å². The predicted octanol–water partition coefficient (Wildman–Crippen LogP) is 3.83. The molecule has 0 saturated carbocycles. The van der Waals surface area contributed by atoms with Crippen molar-refractivity contribution in [1.82, 2.24) is 20.2 Å². The Morgan fingerprint density at radius 1 is 1.23 bits per heavy atom. The van der Waals surface area contributed by atoms with E-state index in [1.807, 2.05) is 18.7 Å². The number of aromatic amines is 1. The molecule has 1 saturated heterocycles. The lowest BCUT2D eigenvalue weighted by Crippen LogP contribution is -2.29. The molecule has 7 nitrogen and oxygen atoms in total. The number of anilines is 1. The number of rotatable bonds is 4. The lowest BCUT2D eigenvalue weighted by Gasteiger charge is -2.17. The molecule has 3 aromatic rings. The number of nitrogens with one attached hydrogen (secondary N) is 2. The smallest absolute Gasteiger partial charge is 0.254 e. The van der Waals surface area contributed by atoms with Gasteiger partial charge in [0.2, 0.25) is 0 Å². The molecule has 0 bridgehead atoms. The number of nitrogen functional groups attached to an aromatic ring is 1. The number of H-pyrrole nitrogens is 1. The fourth-order valence-electron chi connectivity index (χ4n) is 3.81. The van der Waals surface area contributed by atoms with Gasteiger partial charge in [0, 0.05) is 29.2 Å². The quantitative estimate of drug-likeness (QED) is 0.552. The monoisotopic (exact) mass is 425 g/mol. The second-order valence-electron chi connectivity index (χ2n) is 7.74. The summed E-state index contributed by atoms with van der Waals surface area (Å²) in [4.78, 5) is 34.9. The number of aromatic nitrogens is 2. The van der Waals surface area contributed by atoms with Gasteiger partial charge in [-0.2, -0.15) is 0 Å². The molecule has 1 unspecified atom stereocenters. The largest absolute Gasteiger partial charge is 0.397 e. The fraction of sp³-hybridized carbons (Fsp3) is 0.318. The van der Waals surface area contributed by atoms with Gasteiger partial charge in [0.05, 0.1) is 22.8 Å². The highest BCUT2D eigenvalue weighted by Gasteiger charge is 2.22. The number of halogens is 1. The molecule has 1 aliphatic heterocycles. The molecule has 4 rings (SSSR count). The van der Waals surface area contributed by atoms with E-state index in [4.69, 9.17) is 17.3 Å². The molecule has 1 aromatic heterocycles. The van der Waals surface area contributed by atoms with Crippen molar-refractivity contribution in [3.05, 3.63) is 57.9 Å². The Kier molecular flexibility index (Phi) is 5.39. The van der Waals surface area contributed by atoms with Gasteiger partial charge >= 0.3 is 0 Å². The van der Waals surface area contributed by atoms with Crippen molar-refractivity contribution in [1.29, 1.82) is 0 Å². The Bertz CT molecular complexity index is 1130. The average molecular weight is 426 g/mol. The van der Waals surface area contributed by atoms with Crippen LogP contribution in [0.5, 0.6) is 0 Å². The summed E-state index contributed by atoms with van der Waals surface area (Å²) in [5.74, 6) is 0.381. The molecule has 8 heteroatoms. The summed E-state index contributed by atoms with van der Waals surface area (Å²) >= 11 is 6.04. The Hall–Kier alpha value is -3.06. The Morgan fingerprint density at radius 2 is 1.97 bits per heavy atom. The van der Waals surface area contributed by atoms with Gasteiger partial charge in [-0.3, -0.25) is 9.59 Å². The number of aryl methyl sites for hydroxylation is 1. The molecule has 1 fully saturated rings. The minimum absolute atomic E-state index is 0.0313. The summed E-state index contributed by atoms with van der Waals surface area (Å²) < 4.78 is 0. The van der Waals surface area contributed by atoms with Crippen LogP contribution in [0.1, 0.15) is 57.9 Å². The van der Waals surface area contributed by atoms with Gasteiger partial charge in [-0.25, -0.2) is 4.98 Å². The van der Waals surface area contributed by atoms with Crippen molar-refractivity contribution in [3.8, 4) is 0 Å². The molecule has 30 heavy (non-hydrogen) atoms. The van der Waals surface area contributed by atoms with Gasteiger partial charge in [0.1, 0.15) is 5.82 Å². The highest BCUT2D eigenvalue weighted by atomic mass is 35.5. The summed E-state index contributed by atoms with van der Waals surface area (Å²) in [5, 5.41) is 3.44. The van der Waals surface area contributed by atoms with Crippen molar-refractivity contribution < 1.29 is 9.59 Å². The first-order valence-electron chi connectivity index (χ1n) is 9.99. The van der Waals surface area contributed by atoms with Crippen molar-refractivity contribution in [2.45, 2.75) is 32.7 Å². The van der Waals surface area contributed by atoms with E-state index >= 15 is 0 Å². The maximum atomic E-state index is 12.8. The van der Waals surface area contributed by atoms with Gasteiger partial charge in [0.15, 0.2) is 0 Å². The minimum atomic E-state index is -0.366. The van der Waals surface area contributed by atoms with E-state index in [0.717, 1.165) is 31.5 Å². The van der Waals surface area contributed by atoms with E-state index < -0.39 is 0 Å². The molecular weight excluding hydrogens is 402 g/mol. The number of carbonyl (C=O) groups is 2. The summed E-state index contributed by atoms with van der Waals surface area (Å²) in [6, 6.07) is 8.19. The molecule has 2 heterocycles. The SMILES string of the molecule is Cc1cc(C(=O)NC(C)c2nc3cc(Cl)cc(N)c3[nH]2)ccc1C(=O)N1CCCC1. The lowest BCUT2D eigenvalue weighted by molar-refractivity contribution is 0.0791. The third-order valence-corrected chi connectivity index (χ3v) is 5.70. The van der Waals surface area contributed by atoms with Crippen LogP contribution in [-0.4, -0.2) is 39.8 Å². The summed E-state index contributed by atoms with van der Waals surface area (Å²) in [6.07, 6.45) is 2.09. The van der Waals surface area contributed by atoms with E-state index in [9.17, 15) is 9.59 Å². The highest BCUT2D eigenvalue weighted by Crippen LogP contribution is 2.26. The summed E-state index contributed by atoms with van der Waals surface area (Å²) in [6.45, 7) is 5.29. The molecule has 1 aliphatic rings. The maximum absolute atomic E-state index is 12.8. The maximum Gasteiger partial charge on any atom is 0.254 e. The number of fused-ring (bicyclic) bond motifs is 1. The van der Waals surface area contributed by atoms with Crippen molar-refractivity contribution in [2.24, 2.45) is 0 Å². The number of benzene rings is 2. The van der Waals surface area contributed by atoms with Gasteiger partial charge in [-0.1, -0.05) is 11.6 Å². The van der Waals surface area contributed by atoms with E-state index in [0.29, 0.717) is 38.7 Å². The molecule has 2 amide bonds. The number of nitrogens with two attached hydrogens (primary N) is 1. The van der Waals surface area contributed by atoms with Crippen molar-refractivity contribution >= 4 is 40.1 Å². The van der Waals surface area contributed by atoms with Crippen LogP contribution in [-0.2, 0) is 0 Å². The minimum Gasteiger partial charge on any atom is -0.397 e. The lowest BCUT2D eigenvalue weighted by atomic mass is 10.0. The second-order valence-corrected chi connectivity index (χ2v) is 8.17. The van der Waals surface area contributed by atoms with Crippen molar-refractivity contribution in [3.63, 3.8) is 0 Å². The molecule has 0 radical (unpaired) electrons. The number of imidazole rings is 1. The van der Waals surface area contributed by atoms with Gasteiger partial charge in [0.25, 0.3) is 11.8 Å². The number of nitrogens with zero attached hydrogens (tertiary/aromatic N) is 2. The third-order valence-electron chi connectivity index (χ3n) is 5.48. The second kappa shape index (κ2) is 7.99. The molecule has 0 spiro atoms. The standard InChI is InChI=1S/C22H24ClN5O2/c1-12-9-14(5-6-16(12)22(30)28-7-3-4-8-28)21(29)25-13(2)20-26-18-11-15(23)10-17(24)19(18)27-20/h5-6,9-11,13H,3-4,7-8,24H2,1-2H3,(H,25,29)(H,26,27). The Morgan fingerprint density at radius 3 is 2.67 bits per heavy atom. The van der Waals surface area contributed by atoms with Crippen LogP contribution in [0.3, 0.4) is 0 Å². The zero-order chi connectivity index (χ0) is 21.4. The molecule has 1 atom stereocenters. The predicted molar refractivity (Wildman–Crippen MR) is 118 cm³/mol. The van der Waals surface area contributed by atoms with Crippen molar-refractivity contribution in [2.75, 3.05) is 18.8 Å². The highest BCUT2D eigenvalue weighted by molar-refractivity contribution is 6.31. The van der Waals surface area contributed by atoms with Crippen LogP contribution in [0, 0.1) is 6.92 Å². The van der Waals surface area contributed by atoms with Crippen LogP contribution in [0.2, 0.25) is 5.02 Å². The van der Waals surface area contributed by atoms with Gasteiger partial charge < -0.3 is 20.9 Å². The zero-order valence-corrected chi connectivity index (χ0v) is 17.7. The Labute approximate surface area is 179 Å². The molecule has 2 aromatic carbocycles. The number of hydrogen-bond acceptors (Lipinski definition) is 4. The zero-order valence-electron chi connectivity index (χ0n) is 17.0. The number of carbonyl (C=O) groups excluding carboxylic acids is 2. The summed E-state index contributed by atoms with van der Waals surface area (Å²) in [7, 11) is 0. The number of hydrogen-bond donors (Lipinski definition) is 3. The molecular formula is C22H24ClN5O2. The van der Waals surface area contributed by atoms with E-state index in [2.05, 4.69) is 15.3 Å². The third kappa shape index (κ3) is 3.85. The average Bonchev–Trinajstić information content (AvgIpc) is 3.37. The normalized spacial score (nSPS) is 14.8. The van der Waals surface area contributed by atoms with Gasteiger partial charge in [-0.15, -0.1) is 0 Å². The fourth-order valence-corrected chi connectivity index (χ4v) is 4.03. The van der Waals surface area contributed by atoms with E-state index in [1.165, 1.54) is 0 Å². The Balaban J connectivity index is 1.50. The van der Waals surface area contributed by atoms with E-state index in [-0.39, 0.29) is 17.9 Å². The van der Waals surface area contributed by atoms with E-state index in [1.54, 1.807) is 30.3 Å². The molecule has 4 N–H and O–H groups in total. The van der Waals surface area contributed by atoms with Crippen LogP contribution in [0.15, 0.2) is 30.3 Å². The van der Waals surface area contributed by atoms with Crippen LogP contribution < -0.4 is 11.1 Å². The molecule has 0 aliphatic carbocycles. The first-order chi connectivity index (χ1) is 14.3. The van der Waals surface area contributed by atoms with Gasteiger partial charge in [-0.05, 0) is 62.6 Å². The first-order valence-corrected chi connectivity index (χ1v) is 10.4. The number of amides is 2. The first kappa shape index (κ1) is 20.2. The number of likely N-dealkylation sites (tertiary alicyclic amines) is 1. The molecule has 156 valence electrons. The topological polar surface area (TPSA) is 104 Å². The summed E-state index contributed by atoms with van der Waals surface area (Å²) in [5.41, 5.74) is 9.76. The van der Waals surface area contributed by atoms with Crippen LogP contribution >= 0.6 is 11.6 Å². The van der Waals surface area contributed by atoms with Crippen LogP contribution in [0.25, 0.3) is 11.0 Å².